The Kier molecular flexibility index (Phi) is 5.99. The third-order valence-corrected chi connectivity index (χ3v) is 12.2. The highest BCUT2D eigenvalue weighted by Crippen LogP contribution is 2.09. The summed E-state index contributed by atoms with van der Waals surface area (Å²) in [5.41, 5.74) is 0. The van der Waals surface area contributed by atoms with Gasteiger partial charge in [0, 0.05) is 0 Å². The number of hydrogen-bond donors (Lipinski definition) is 0. The molecule has 12 heteroatoms. The first kappa shape index (κ1) is 18.8. The second-order valence-electron chi connectivity index (χ2n) is 3.99. The Morgan fingerprint density at radius 2 is 0.789 bits per heavy atom. The first-order valence-corrected chi connectivity index (χ1v) is 13.2. The molecule has 0 fully saturated rings. The Hall–Kier alpha value is -0.200. The quantitative estimate of drug-likeness (QED) is 0.395. The maximum atomic E-state index is 11.2. The van der Waals surface area contributed by atoms with Gasteiger partial charge in [0.25, 0.3) is 35.5 Å². The molecule has 0 atom stereocenters. The standard InChI is InChI=1S/C7H16O8S4/c1-16(8,9)18(12,13)6-4-3-5-7-19(14,15)17(2,10)11/h3-7H2,1-2H3. The molecule has 0 radical (unpaired) electrons. The fraction of sp³-hybridized carbons (Fsp3) is 1.00. The lowest BCUT2D eigenvalue weighted by atomic mass is 10.3. The van der Waals surface area contributed by atoms with Crippen LogP contribution in [0.1, 0.15) is 19.3 Å². The molecule has 0 saturated carbocycles. The molecule has 0 aromatic rings. The molecule has 0 aromatic heterocycles. The summed E-state index contributed by atoms with van der Waals surface area (Å²) in [5, 5.41) is 0. The number of hydrogen-bond acceptors (Lipinski definition) is 8. The molecule has 0 saturated heterocycles. The first-order chi connectivity index (χ1) is 8.21. The molecule has 0 aliphatic heterocycles. The highest BCUT2D eigenvalue weighted by atomic mass is 33.2. The molecule has 0 amide bonds. The van der Waals surface area contributed by atoms with Crippen LogP contribution < -0.4 is 0 Å². The van der Waals surface area contributed by atoms with E-state index in [-0.39, 0.29) is 19.3 Å². The van der Waals surface area contributed by atoms with Gasteiger partial charge in [-0.05, 0) is 12.8 Å². The summed E-state index contributed by atoms with van der Waals surface area (Å²) in [7, 11) is -16.8. The molecule has 0 bridgehead atoms. The van der Waals surface area contributed by atoms with Crippen LogP contribution in [-0.2, 0) is 35.5 Å². The first-order valence-electron chi connectivity index (χ1n) is 5.06. The van der Waals surface area contributed by atoms with E-state index in [0.29, 0.717) is 12.5 Å². The van der Waals surface area contributed by atoms with Gasteiger partial charge in [0.05, 0.1) is 24.0 Å². The van der Waals surface area contributed by atoms with Crippen molar-refractivity contribution in [1.29, 1.82) is 0 Å². The molecule has 116 valence electrons. The van der Waals surface area contributed by atoms with Gasteiger partial charge >= 0.3 is 0 Å². The topological polar surface area (TPSA) is 137 Å². The van der Waals surface area contributed by atoms with Gasteiger partial charge in [-0.15, -0.1) is 0 Å². The van der Waals surface area contributed by atoms with Gasteiger partial charge in [0.15, 0.2) is 0 Å². The van der Waals surface area contributed by atoms with Crippen LogP contribution in [0.4, 0.5) is 0 Å². The Balaban J connectivity index is 4.33. The van der Waals surface area contributed by atoms with Crippen molar-refractivity contribution in [3.8, 4) is 0 Å². The summed E-state index contributed by atoms with van der Waals surface area (Å²) in [6, 6.07) is 0. The zero-order chi connectivity index (χ0) is 15.5. The third-order valence-electron chi connectivity index (χ3n) is 2.21. The van der Waals surface area contributed by atoms with Crippen molar-refractivity contribution < 1.29 is 33.7 Å². The van der Waals surface area contributed by atoms with Gasteiger partial charge in [-0.1, -0.05) is 6.42 Å². The lowest BCUT2D eigenvalue weighted by Gasteiger charge is -2.03. The summed E-state index contributed by atoms with van der Waals surface area (Å²) >= 11 is 0. The fourth-order valence-corrected chi connectivity index (χ4v) is 5.28. The number of unbranched alkanes of at least 4 members (excludes halogenated alkanes) is 2. The normalized spacial score (nSPS) is 14.4. The molecular weight excluding hydrogens is 340 g/mol. The largest absolute Gasteiger partial charge is 0.253 e. The Morgan fingerprint density at radius 3 is 1.00 bits per heavy atom. The van der Waals surface area contributed by atoms with E-state index in [1.54, 1.807) is 0 Å². The Morgan fingerprint density at radius 1 is 0.526 bits per heavy atom. The van der Waals surface area contributed by atoms with E-state index in [1.807, 2.05) is 0 Å². The molecule has 0 heterocycles. The van der Waals surface area contributed by atoms with Crippen LogP contribution in [0.5, 0.6) is 0 Å². The average Bonchev–Trinajstić information content (AvgIpc) is 2.12. The van der Waals surface area contributed by atoms with Gasteiger partial charge < -0.3 is 0 Å². The van der Waals surface area contributed by atoms with Gasteiger partial charge in [-0.3, -0.25) is 0 Å². The summed E-state index contributed by atoms with van der Waals surface area (Å²) in [5.74, 6) is -1.21. The zero-order valence-corrected chi connectivity index (χ0v) is 13.7. The second-order valence-corrected chi connectivity index (χ2v) is 16.5. The molecule has 0 aromatic carbocycles. The zero-order valence-electron chi connectivity index (χ0n) is 10.4. The van der Waals surface area contributed by atoms with Crippen molar-refractivity contribution >= 4 is 35.5 Å². The van der Waals surface area contributed by atoms with Crippen LogP contribution in [0, 0.1) is 0 Å². The van der Waals surface area contributed by atoms with Crippen molar-refractivity contribution in [2.45, 2.75) is 19.3 Å². The highest BCUT2D eigenvalue weighted by Gasteiger charge is 2.25. The minimum atomic E-state index is -4.24. The van der Waals surface area contributed by atoms with Crippen LogP contribution in [0.2, 0.25) is 0 Å². The molecular formula is C7H16O8S4. The van der Waals surface area contributed by atoms with Crippen molar-refractivity contribution in [3.05, 3.63) is 0 Å². The highest BCUT2D eigenvalue weighted by molar-refractivity contribution is 8.67. The molecule has 19 heavy (non-hydrogen) atoms. The van der Waals surface area contributed by atoms with Gasteiger partial charge in [0.1, 0.15) is 0 Å². The molecule has 0 aliphatic rings. The lowest BCUT2D eigenvalue weighted by molar-refractivity contribution is 0.579. The molecule has 0 aliphatic carbocycles. The fourth-order valence-electron chi connectivity index (χ4n) is 1.04. The van der Waals surface area contributed by atoms with Gasteiger partial charge in [-0.25, -0.2) is 33.7 Å². The minimum Gasteiger partial charge on any atom is -0.213 e. The predicted molar refractivity (Wildman–Crippen MR) is 71.1 cm³/mol. The van der Waals surface area contributed by atoms with E-state index < -0.39 is 47.0 Å². The maximum absolute atomic E-state index is 11.2. The minimum absolute atomic E-state index is 0.0469. The van der Waals surface area contributed by atoms with E-state index in [9.17, 15) is 33.7 Å². The molecule has 0 rings (SSSR count). The summed E-state index contributed by atoms with van der Waals surface area (Å²) in [4.78, 5) is 0. The predicted octanol–water partition coefficient (Wildman–Crippen LogP) is -1.09. The smallest absolute Gasteiger partial charge is 0.213 e. The van der Waals surface area contributed by atoms with Crippen LogP contribution >= 0.6 is 0 Å². The van der Waals surface area contributed by atoms with E-state index in [0.717, 1.165) is 0 Å². The van der Waals surface area contributed by atoms with Crippen molar-refractivity contribution in [2.75, 3.05) is 24.0 Å². The van der Waals surface area contributed by atoms with Crippen LogP contribution in [0.3, 0.4) is 0 Å². The van der Waals surface area contributed by atoms with Gasteiger partial charge in [-0.2, -0.15) is 0 Å². The van der Waals surface area contributed by atoms with E-state index >= 15 is 0 Å². The molecule has 0 N–H and O–H groups in total. The van der Waals surface area contributed by atoms with E-state index in [2.05, 4.69) is 0 Å². The Labute approximate surface area is 112 Å². The SMILES string of the molecule is CS(=O)(=O)S(=O)(=O)CCCCCS(=O)(=O)S(C)(=O)=O. The maximum Gasteiger partial charge on any atom is 0.253 e. The van der Waals surface area contributed by atoms with Gasteiger partial charge in [0.2, 0.25) is 0 Å². The van der Waals surface area contributed by atoms with E-state index in [1.165, 1.54) is 0 Å². The van der Waals surface area contributed by atoms with Crippen molar-refractivity contribution in [3.63, 3.8) is 0 Å². The monoisotopic (exact) mass is 356 g/mol. The van der Waals surface area contributed by atoms with E-state index in [4.69, 9.17) is 0 Å². The van der Waals surface area contributed by atoms with Crippen molar-refractivity contribution in [1.82, 2.24) is 0 Å². The molecule has 0 spiro atoms. The molecule has 0 unspecified atom stereocenters. The Bertz CT molecular complexity index is 644. The summed E-state index contributed by atoms with van der Waals surface area (Å²) in [6.45, 7) is 0. The van der Waals surface area contributed by atoms with Crippen LogP contribution in [-0.4, -0.2) is 57.7 Å². The number of rotatable bonds is 8. The molecule has 8 nitrogen and oxygen atoms in total. The summed E-state index contributed by atoms with van der Waals surface area (Å²) in [6.07, 6.45) is 1.17. The van der Waals surface area contributed by atoms with Crippen LogP contribution in [0.25, 0.3) is 0 Å². The van der Waals surface area contributed by atoms with Crippen LogP contribution in [0.15, 0.2) is 0 Å². The lowest BCUT2D eigenvalue weighted by Crippen LogP contribution is -2.19. The third kappa shape index (κ3) is 5.75. The van der Waals surface area contributed by atoms with Crippen molar-refractivity contribution in [2.24, 2.45) is 0 Å². The summed E-state index contributed by atoms with van der Waals surface area (Å²) < 4.78 is 88.1. The second kappa shape index (κ2) is 6.06. The average molecular weight is 356 g/mol.